The Hall–Kier alpha value is -2.44. The van der Waals surface area contributed by atoms with E-state index in [0.717, 1.165) is 43.1 Å². The van der Waals surface area contributed by atoms with Crippen LogP contribution in [-0.2, 0) is 6.67 Å². The second-order valence-electron chi connectivity index (χ2n) is 6.56. The van der Waals surface area contributed by atoms with E-state index < -0.39 is 0 Å². The van der Waals surface area contributed by atoms with Gasteiger partial charge in [-0.25, -0.2) is 4.79 Å². The van der Waals surface area contributed by atoms with Gasteiger partial charge in [0.25, 0.3) is 0 Å². The van der Waals surface area contributed by atoms with Gasteiger partial charge in [-0.3, -0.25) is 9.47 Å². The third-order valence-corrected chi connectivity index (χ3v) is 5.08. The SMILES string of the molecule is CCOc1ccccc1N1CCN(Cn2c(=O)oc3cc(Cl)ccc32)CC1. The zero-order chi connectivity index (χ0) is 18.8. The summed E-state index contributed by atoms with van der Waals surface area (Å²) in [6.07, 6.45) is 0. The third-order valence-electron chi connectivity index (χ3n) is 4.85. The van der Waals surface area contributed by atoms with E-state index in [1.165, 1.54) is 0 Å². The van der Waals surface area contributed by atoms with Gasteiger partial charge in [-0.2, -0.15) is 0 Å². The van der Waals surface area contributed by atoms with Gasteiger partial charge in [-0.15, -0.1) is 0 Å². The van der Waals surface area contributed by atoms with Crippen molar-refractivity contribution in [2.75, 3.05) is 37.7 Å². The Morgan fingerprint density at radius 1 is 1.11 bits per heavy atom. The number of nitrogens with zero attached hydrogens (tertiary/aromatic N) is 3. The highest BCUT2D eigenvalue weighted by molar-refractivity contribution is 6.31. The molecule has 2 heterocycles. The maximum absolute atomic E-state index is 12.2. The van der Waals surface area contributed by atoms with Gasteiger partial charge >= 0.3 is 5.76 Å². The number of para-hydroxylation sites is 2. The minimum atomic E-state index is -0.351. The number of piperazine rings is 1. The molecule has 3 aromatic rings. The number of fused-ring (bicyclic) bond motifs is 1. The first-order chi connectivity index (χ1) is 13.2. The van der Waals surface area contributed by atoms with Gasteiger partial charge < -0.3 is 14.1 Å². The van der Waals surface area contributed by atoms with Crippen molar-refractivity contribution in [1.29, 1.82) is 0 Å². The Balaban J connectivity index is 1.46. The van der Waals surface area contributed by atoms with Gasteiger partial charge in [0, 0.05) is 37.3 Å². The molecule has 0 unspecified atom stereocenters. The molecule has 0 bridgehead atoms. The molecule has 6 nitrogen and oxygen atoms in total. The van der Waals surface area contributed by atoms with E-state index in [0.29, 0.717) is 23.9 Å². The molecule has 7 heteroatoms. The number of hydrogen-bond donors (Lipinski definition) is 0. The van der Waals surface area contributed by atoms with E-state index in [4.69, 9.17) is 20.8 Å². The average Bonchev–Trinajstić information content (AvgIpc) is 2.97. The smallest absolute Gasteiger partial charge is 0.421 e. The van der Waals surface area contributed by atoms with Crippen molar-refractivity contribution in [3.05, 3.63) is 58.0 Å². The first kappa shape index (κ1) is 17.9. The van der Waals surface area contributed by atoms with Crippen LogP contribution in [0.15, 0.2) is 51.7 Å². The van der Waals surface area contributed by atoms with Crippen molar-refractivity contribution in [2.45, 2.75) is 13.6 Å². The van der Waals surface area contributed by atoms with Gasteiger partial charge in [0.05, 0.1) is 24.5 Å². The van der Waals surface area contributed by atoms with Crippen molar-refractivity contribution in [3.8, 4) is 5.75 Å². The minimum absolute atomic E-state index is 0.351. The van der Waals surface area contributed by atoms with Crippen LogP contribution < -0.4 is 15.4 Å². The standard InChI is InChI=1S/C20H22ClN3O3/c1-2-26-18-6-4-3-5-16(18)23-11-9-22(10-12-23)14-24-17-8-7-15(21)13-19(17)27-20(24)25/h3-8,13H,2,9-12,14H2,1H3. The van der Waals surface area contributed by atoms with E-state index in [1.807, 2.05) is 31.2 Å². The number of halogens is 1. The highest BCUT2D eigenvalue weighted by Crippen LogP contribution is 2.29. The lowest BCUT2D eigenvalue weighted by molar-refractivity contribution is 0.201. The van der Waals surface area contributed by atoms with E-state index in [1.54, 1.807) is 16.7 Å². The summed E-state index contributed by atoms with van der Waals surface area (Å²) in [6, 6.07) is 13.4. The fraction of sp³-hybridized carbons (Fsp3) is 0.350. The molecule has 0 spiro atoms. The van der Waals surface area contributed by atoms with Crippen LogP contribution in [0.4, 0.5) is 5.69 Å². The second-order valence-corrected chi connectivity index (χ2v) is 6.99. The van der Waals surface area contributed by atoms with Crippen LogP contribution in [0.25, 0.3) is 11.1 Å². The Morgan fingerprint density at radius 2 is 1.89 bits per heavy atom. The quantitative estimate of drug-likeness (QED) is 0.671. The third kappa shape index (κ3) is 3.68. The van der Waals surface area contributed by atoms with Gasteiger partial charge in [-0.05, 0) is 31.2 Å². The Morgan fingerprint density at radius 3 is 2.67 bits per heavy atom. The number of benzene rings is 2. The van der Waals surface area contributed by atoms with E-state index in [-0.39, 0.29) is 5.76 Å². The molecular weight excluding hydrogens is 366 g/mol. The monoisotopic (exact) mass is 387 g/mol. The Bertz CT molecular complexity index is 990. The molecule has 27 heavy (non-hydrogen) atoms. The number of ether oxygens (including phenoxy) is 1. The Labute approximate surface area is 162 Å². The molecule has 0 aliphatic carbocycles. The summed E-state index contributed by atoms with van der Waals surface area (Å²) in [6.45, 7) is 6.61. The highest BCUT2D eigenvalue weighted by Gasteiger charge is 2.21. The molecule has 1 aliphatic rings. The van der Waals surface area contributed by atoms with Crippen LogP contribution >= 0.6 is 11.6 Å². The number of oxazole rings is 1. The van der Waals surface area contributed by atoms with Crippen LogP contribution in [0.3, 0.4) is 0 Å². The zero-order valence-electron chi connectivity index (χ0n) is 15.2. The summed E-state index contributed by atoms with van der Waals surface area (Å²) >= 11 is 5.98. The lowest BCUT2D eigenvalue weighted by atomic mass is 10.2. The zero-order valence-corrected chi connectivity index (χ0v) is 16.0. The molecule has 2 aromatic carbocycles. The second kappa shape index (κ2) is 7.66. The van der Waals surface area contributed by atoms with Crippen LogP contribution in [0.2, 0.25) is 5.02 Å². The molecule has 1 aromatic heterocycles. The molecule has 0 radical (unpaired) electrons. The lowest BCUT2D eigenvalue weighted by Gasteiger charge is -2.36. The van der Waals surface area contributed by atoms with Gasteiger partial charge in [-0.1, -0.05) is 23.7 Å². The number of rotatable bonds is 5. The summed E-state index contributed by atoms with van der Waals surface area (Å²) in [5.41, 5.74) is 2.42. The van der Waals surface area contributed by atoms with Gasteiger partial charge in [0.2, 0.25) is 0 Å². The van der Waals surface area contributed by atoms with Crippen molar-refractivity contribution < 1.29 is 9.15 Å². The van der Waals surface area contributed by atoms with Crippen LogP contribution in [-0.4, -0.2) is 42.3 Å². The number of aromatic nitrogens is 1. The highest BCUT2D eigenvalue weighted by atomic mass is 35.5. The fourth-order valence-electron chi connectivity index (χ4n) is 3.50. The molecule has 1 fully saturated rings. The summed E-state index contributed by atoms with van der Waals surface area (Å²) in [5.74, 6) is 0.568. The molecule has 0 saturated carbocycles. The molecule has 0 amide bonds. The number of hydrogen-bond acceptors (Lipinski definition) is 5. The molecule has 1 saturated heterocycles. The Kier molecular flexibility index (Phi) is 5.09. The minimum Gasteiger partial charge on any atom is -0.492 e. The molecule has 142 valence electrons. The van der Waals surface area contributed by atoms with Crippen molar-refractivity contribution in [1.82, 2.24) is 9.47 Å². The van der Waals surface area contributed by atoms with Crippen LogP contribution in [0, 0.1) is 0 Å². The van der Waals surface area contributed by atoms with E-state index >= 15 is 0 Å². The summed E-state index contributed by atoms with van der Waals surface area (Å²) in [4.78, 5) is 16.8. The van der Waals surface area contributed by atoms with Crippen molar-refractivity contribution >= 4 is 28.4 Å². The molecule has 0 N–H and O–H groups in total. The van der Waals surface area contributed by atoms with Crippen molar-refractivity contribution in [2.24, 2.45) is 0 Å². The first-order valence-electron chi connectivity index (χ1n) is 9.13. The van der Waals surface area contributed by atoms with E-state index in [9.17, 15) is 4.79 Å². The van der Waals surface area contributed by atoms with E-state index in [2.05, 4.69) is 15.9 Å². The topological polar surface area (TPSA) is 50.9 Å². The largest absolute Gasteiger partial charge is 0.492 e. The molecule has 1 aliphatic heterocycles. The van der Waals surface area contributed by atoms with Crippen LogP contribution in [0.1, 0.15) is 6.92 Å². The lowest BCUT2D eigenvalue weighted by Crippen LogP contribution is -2.47. The van der Waals surface area contributed by atoms with Gasteiger partial charge in [0.15, 0.2) is 5.58 Å². The predicted octanol–water partition coefficient (Wildman–Crippen LogP) is 3.43. The summed E-state index contributed by atoms with van der Waals surface area (Å²) < 4.78 is 12.7. The van der Waals surface area contributed by atoms with Crippen LogP contribution in [0.5, 0.6) is 5.75 Å². The predicted molar refractivity (Wildman–Crippen MR) is 107 cm³/mol. The molecule has 0 atom stereocenters. The fourth-order valence-corrected chi connectivity index (χ4v) is 3.66. The normalized spacial score (nSPS) is 15.4. The van der Waals surface area contributed by atoms with Gasteiger partial charge in [0.1, 0.15) is 5.75 Å². The molecule has 4 rings (SSSR count). The maximum atomic E-state index is 12.2. The average molecular weight is 388 g/mol. The van der Waals surface area contributed by atoms with Crippen molar-refractivity contribution in [3.63, 3.8) is 0 Å². The molecular formula is C20H22ClN3O3. The first-order valence-corrected chi connectivity index (χ1v) is 9.51. The number of anilines is 1. The summed E-state index contributed by atoms with van der Waals surface area (Å²) in [7, 11) is 0. The summed E-state index contributed by atoms with van der Waals surface area (Å²) in [5, 5.41) is 0.560. The maximum Gasteiger partial charge on any atom is 0.421 e.